The quantitative estimate of drug-likeness (QED) is 0.455. The third-order valence-corrected chi connectivity index (χ3v) is 5.78. The summed E-state index contributed by atoms with van der Waals surface area (Å²) in [5.41, 5.74) is 0. The fraction of sp³-hybridized carbons (Fsp3) is 0.579. The summed E-state index contributed by atoms with van der Waals surface area (Å²) in [6.45, 7) is 3.85. The molecular weight excluding hydrogens is 384 g/mol. The number of amides is 1. The molecule has 8 nitrogen and oxygen atoms in total. The molecule has 0 aliphatic carbocycles. The van der Waals surface area contributed by atoms with Crippen LogP contribution in [-0.4, -0.2) is 44.6 Å². The molecule has 9 heteroatoms. The molecule has 2 unspecified atom stereocenters. The van der Waals surface area contributed by atoms with Gasteiger partial charge in [-0.15, -0.1) is 0 Å². The first-order valence-electron chi connectivity index (χ1n) is 9.44. The van der Waals surface area contributed by atoms with Crippen LogP contribution in [0.15, 0.2) is 29.2 Å². The molecule has 0 bridgehead atoms. The Morgan fingerprint density at radius 3 is 2.04 bits per heavy atom. The molecule has 1 aromatic carbocycles. The third-order valence-electron chi connectivity index (χ3n) is 4.29. The van der Waals surface area contributed by atoms with Crippen molar-refractivity contribution < 1.29 is 27.9 Å². The van der Waals surface area contributed by atoms with Crippen LogP contribution in [0, 0.1) is 0 Å². The molecule has 2 atom stereocenters. The number of hydrogen-bond donors (Lipinski definition) is 3. The molecule has 0 aromatic heterocycles. The van der Waals surface area contributed by atoms with Gasteiger partial charge in [0.1, 0.15) is 17.8 Å². The van der Waals surface area contributed by atoms with Gasteiger partial charge in [0.2, 0.25) is 15.9 Å². The molecule has 0 saturated heterocycles. The Bertz CT molecular complexity index is 733. The molecule has 28 heavy (non-hydrogen) atoms. The molecule has 0 aliphatic heterocycles. The zero-order valence-corrected chi connectivity index (χ0v) is 17.4. The number of nitrogens with one attached hydrogen (secondary N) is 2. The van der Waals surface area contributed by atoms with Gasteiger partial charge in [0.05, 0.1) is 12.0 Å². The Hall–Kier alpha value is -2.13. The van der Waals surface area contributed by atoms with Crippen LogP contribution in [0.4, 0.5) is 0 Å². The molecule has 3 N–H and O–H groups in total. The van der Waals surface area contributed by atoms with Crippen molar-refractivity contribution in [2.24, 2.45) is 0 Å². The Morgan fingerprint density at radius 1 is 1.04 bits per heavy atom. The molecular formula is C19H30N2O6S. The van der Waals surface area contributed by atoms with Crippen molar-refractivity contribution in [3.05, 3.63) is 24.3 Å². The normalized spacial score (nSPS) is 13.5. The van der Waals surface area contributed by atoms with Gasteiger partial charge in [-0.25, -0.2) is 13.2 Å². The summed E-state index contributed by atoms with van der Waals surface area (Å²) >= 11 is 0. The second-order valence-electron chi connectivity index (χ2n) is 6.53. The Balaban J connectivity index is 2.95. The monoisotopic (exact) mass is 414 g/mol. The van der Waals surface area contributed by atoms with E-state index < -0.39 is 34.0 Å². The van der Waals surface area contributed by atoms with Crippen molar-refractivity contribution in [1.29, 1.82) is 0 Å². The molecule has 1 amide bonds. The topological polar surface area (TPSA) is 122 Å². The van der Waals surface area contributed by atoms with Crippen molar-refractivity contribution >= 4 is 21.9 Å². The van der Waals surface area contributed by atoms with Gasteiger partial charge in [-0.1, -0.05) is 39.5 Å². The SMILES string of the molecule is CCCCC(NC(=O)C(CCCC)NS(=O)(=O)c1ccc(OC)cc1)C(=O)O. The summed E-state index contributed by atoms with van der Waals surface area (Å²) in [6, 6.07) is 3.72. The Labute approximate surface area is 166 Å². The van der Waals surface area contributed by atoms with Gasteiger partial charge in [-0.3, -0.25) is 4.79 Å². The van der Waals surface area contributed by atoms with Gasteiger partial charge in [0, 0.05) is 0 Å². The average molecular weight is 415 g/mol. The Kier molecular flexibility index (Phi) is 9.95. The van der Waals surface area contributed by atoms with Crippen LogP contribution in [0.25, 0.3) is 0 Å². The van der Waals surface area contributed by atoms with E-state index in [1.807, 2.05) is 13.8 Å². The van der Waals surface area contributed by atoms with Gasteiger partial charge < -0.3 is 15.2 Å². The number of ether oxygens (including phenoxy) is 1. The van der Waals surface area contributed by atoms with Gasteiger partial charge >= 0.3 is 5.97 Å². The van der Waals surface area contributed by atoms with Gasteiger partial charge in [0.15, 0.2) is 0 Å². The predicted molar refractivity (Wildman–Crippen MR) is 106 cm³/mol. The lowest BCUT2D eigenvalue weighted by Gasteiger charge is -2.21. The second-order valence-corrected chi connectivity index (χ2v) is 8.25. The summed E-state index contributed by atoms with van der Waals surface area (Å²) in [5.74, 6) is -1.25. The number of hydrogen-bond acceptors (Lipinski definition) is 5. The first-order chi connectivity index (χ1) is 13.2. The maximum Gasteiger partial charge on any atom is 0.326 e. The zero-order chi connectivity index (χ0) is 21.2. The predicted octanol–water partition coefficient (Wildman–Crippen LogP) is 2.29. The minimum absolute atomic E-state index is 0.00312. The van der Waals surface area contributed by atoms with E-state index in [0.717, 1.165) is 12.8 Å². The lowest BCUT2D eigenvalue weighted by atomic mass is 10.1. The van der Waals surface area contributed by atoms with Gasteiger partial charge in [0.25, 0.3) is 0 Å². The van der Waals surface area contributed by atoms with E-state index in [0.29, 0.717) is 25.0 Å². The smallest absolute Gasteiger partial charge is 0.326 e. The molecule has 0 heterocycles. The number of benzene rings is 1. The lowest BCUT2D eigenvalue weighted by Crippen LogP contribution is -2.51. The van der Waals surface area contributed by atoms with Crippen LogP contribution >= 0.6 is 0 Å². The molecule has 0 saturated carbocycles. The fourth-order valence-electron chi connectivity index (χ4n) is 2.60. The molecule has 0 aliphatic rings. The van der Waals surface area contributed by atoms with Crippen molar-refractivity contribution in [1.82, 2.24) is 10.0 Å². The first kappa shape index (κ1) is 23.9. The number of carboxylic acids is 1. The molecule has 1 rings (SSSR count). The minimum Gasteiger partial charge on any atom is -0.497 e. The number of carboxylic acid groups (broad SMARTS) is 1. The summed E-state index contributed by atoms with van der Waals surface area (Å²) in [5, 5.41) is 11.8. The van der Waals surface area contributed by atoms with Gasteiger partial charge in [-0.05, 0) is 37.1 Å². The molecule has 158 valence electrons. The highest BCUT2D eigenvalue weighted by atomic mass is 32.2. The van der Waals surface area contributed by atoms with Crippen molar-refractivity contribution in [2.75, 3.05) is 7.11 Å². The highest BCUT2D eigenvalue weighted by molar-refractivity contribution is 7.89. The zero-order valence-electron chi connectivity index (χ0n) is 16.6. The fourth-order valence-corrected chi connectivity index (χ4v) is 3.83. The minimum atomic E-state index is -3.95. The van der Waals surface area contributed by atoms with E-state index in [1.54, 1.807) is 0 Å². The van der Waals surface area contributed by atoms with E-state index in [9.17, 15) is 23.1 Å². The highest BCUT2D eigenvalue weighted by Gasteiger charge is 2.28. The number of sulfonamides is 1. The summed E-state index contributed by atoms with van der Waals surface area (Å²) in [6.07, 6.45) is 3.40. The standard InChI is InChI=1S/C19H30N2O6S/c1-4-6-8-16(18(22)20-17(19(23)24)9-7-5-2)21-28(25,26)15-12-10-14(27-3)11-13-15/h10-13,16-17,21H,4-9H2,1-3H3,(H,20,22)(H,23,24). The summed E-state index contributed by atoms with van der Waals surface area (Å²) < 4.78 is 32.7. The van der Waals surface area contributed by atoms with E-state index in [4.69, 9.17) is 4.74 Å². The van der Waals surface area contributed by atoms with Crippen LogP contribution in [0.3, 0.4) is 0 Å². The number of carbonyl (C=O) groups excluding carboxylic acids is 1. The van der Waals surface area contributed by atoms with Crippen LogP contribution in [0.2, 0.25) is 0 Å². The van der Waals surface area contributed by atoms with Crippen molar-refractivity contribution in [3.63, 3.8) is 0 Å². The van der Waals surface area contributed by atoms with E-state index in [-0.39, 0.29) is 11.3 Å². The van der Waals surface area contributed by atoms with Crippen LogP contribution in [-0.2, 0) is 19.6 Å². The van der Waals surface area contributed by atoms with Crippen LogP contribution in [0.5, 0.6) is 5.75 Å². The first-order valence-corrected chi connectivity index (χ1v) is 10.9. The molecule has 0 radical (unpaired) electrons. The molecule has 1 aromatic rings. The van der Waals surface area contributed by atoms with E-state index >= 15 is 0 Å². The molecule has 0 spiro atoms. The maximum absolute atomic E-state index is 12.7. The second kappa shape index (κ2) is 11.7. The average Bonchev–Trinajstić information content (AvgIpc) is 2.67. The molecule has 0 fully saturated rings. The van der Waals surface area contributed by atoms with Gasteiger partial charge in [-0.2, -0.15) is 4.72 Å². The van der Waals surface area contributed by atoms with Crippen LogP contribution in [0.1, 0.15) is 52.4 Å². The third kappa shape index (κ3) is 7.47. The number of methoxy groups -OCH3 is 1. The van der Waals surface area contributed by atoms with E-state index in [1.165, 1.54) is 31.4 Å². The van der Waals surface area contributed by atoms with Crippen molar-refractivity contribution in [3.8, 4) is 5.75 Å². The lowest BCUT2D eigenvalue weighted by molar-refractivity contribution is -0.142. The summed E-state index contributed by atoms with van der Waals surface area (Å²) in [4.78, 5) is 24.0. The number of aliphatic carboxylic acids is 1. The largest absolute Gasteiger partial charge is 0.497 e. The van der Waals surface area contributed by atoms with Crippen LogP contribution < -0.4 is 14.8 Å². The number of unbranched alkanes of at least 4 members (excludes halogenated alkanes) is 2. The van der Waals surface area contributed by atoms with Crippen molar-refractivity contribution in [2.45, 2.75) is 69.4 Å². The number of rotatable bonds is 13. The highest BCUT2D eigenvalue weighted by Crippen LogP contribution is 2.16. The van der Waals surface area contributed by atoms with E-state index in [2.05, 4.69) is 10.0 Å². The number of carbonyl (C=O) groups is 2. The summed E-state index contributed by atoms with van der Waals surface area (Å²) in [7, 11) is -2.47. The maximum atomic E-state index is 12.7. The Morgan fingerprint density at radius 2 is 1.57 bits per heavy atom.